The first kappa shape index (κ1) is 15.3. The average Bonchev–Trinajstić information content (AvgIpc) is 2.70. The minimum Gasteiger partial charge on any atom is -0.396 e. The predicted molar refractivity (Wildman–Crippen MR) is 81.2 cm³/mol. The standard InChI is InChI=1S/C15H25N5O2/c21-10-8-15(6-4-7-15)17-14(22)16-11-13-19-18-12-5-2-1-3-9-20(12)13/h21H,1-11H2,(H2,16,17,22). The largest absolute Gasteiger partial charge is 0.396 e. The van der Waals surface area contributed by atoms with Crippen molar-refractivity contribution in [2.24, 2.45) is 0 Å². The van der Waals surface area contributed by atoms with E-state index in [2.05, 4.69) is 25.4 Å². The lowest BCUT2D eigenvalue weighted by atomic mass is 9.74. The molecule has 7 nitrogen and oxygen atoms in total. The smallest absolute Gasteiger partial charge is 0.315 e. The molecular weight excluding hydrogens is 282 g/mol. The molecule has 0 aromatic carbocycles. The molecule has 3 N–H and O–H groups in total. The summed E-state index contributed by atoms with van der Waals surface area (Å²) in [7, 11) is 0. The topological polar surface area (TPSA) is 92.1 Å². The van der Waals surface area contributed by atoms with Crippen molar-refractivity contribution in [3.05, 3.63) is 11.6 Å². The van der Waals surface area contributed by atoms with Crippen molar-refractivity contribution >= 4 is 6.03 Å². The second-order valence-corrected chi connectivity index (χ2v) is 6.41. The van der Waals surface area contributed by atoms with Crippen LogP contribution in [0.15, 0.2) is 0 Å². The zero-order valence-corrected chi connectivity index (χ0v) is 13.0. The van der Waals surface area contributed by atoms with Crippen LogP contribution in [0.5, 0.6) is 0 Å². The van der Waals surface area contributed by atoms with E-state index >= 15 is 0 Å². The highest BCUT2D eigenvalue weighted by atomic mass is 16.3. The van der Waals surface area contributed by atoms with Crippen molar-refractivity contribution < 1.29 is 9.90 Å². The number of hydrogen-bond acceptors (Lipinski definition) is 4. The summed E-state index contributed by atoms with van der Waals surface area (Å²) in [6.45, 7) is 1.45. The Morgan fingerprint density at radius 3 is 2.82 bits per heavy atom. The molecule has 1 fully saturated rings. The predicted octanol–water partition coefficient (Wildman–Crippen LogP) is 1.11. The third-order valence-corrected chi connectivity index (χ3v) is 4.87. The fourth-order valence-electron chi connectivity index (χ4n) is 3.38. The minimum atomic E-state index is -0.208. The van der Waals surface area contributed by atoms with Gasteiger partial charge < -0.3 is 20.3 Å². The third-order valence-electron chi connectivity index (χ3n) is 4.87. The van der Waals surface area contributed by atoms with Gasteiger partial charge in [0.25, 0.3) is 0 Å². The summed E-state index contributed by atoms with van der Waals surface area (Å²) in [6.07, 6.45) is 8.13. The normalized spacial score (nSPS) is 19.7. The van der Waals surface area contributed by atoms with Gasteiger partial charge in [-0.3, -0.25) is 0 Å². The van der Waals surface area contributed by atoms with Gasteiger partial charge in [0.15, 0.2) is 5.82 Å². The molecule has 1 aromatic rings. The van der Waals surface area contributed by atoms with Gasteiger partial charge in [-0.05, 0) is 38.5 Å². The van der Waals surface area contributed by atoms with Crippen molar-refractivity contribution in [2.75, 3.05) is 6.61 Å². The van der Waals surface area contributed by atoms with Crippen LogP contribution in [0.2, 0.25) is 0 Å². The Bertz CT molecular complexity index is 524. The minimum absolute atomic E-state index is 0.109. The van der Waals surface area contributed by atoms with E-state index in [1.54, 1.807) is 0 Å². The monoisotopic (exact) mass is 307 g/mol. The molecule has 2 heterocycles. The highest BCUT2D eigenvalue weighted by molar-refractivity contribution is 5.74. The van der Waals surface area contributed by atoms with Crippen LogP contribution in [0.3, 0.4) is 0 Å². The first-order chi connectivity index (χ1) is 10.7. The number of amides is 2. The lowest BCUT2D eigenvalue weighted by molar-refractivity contribution is 0.135. The van der Waals surface area contributed by atoms with Crippen molar-refractivity contribution in [2.45, 2.75) is 70.0 Å². The maximum Gasteiger partial charge on any atom is 0.315 e. The number of aliphatic hydroxyl groups excluding tert-OH is 1. The molecule has 0 atom stereocenters. The molecule has 1 saturated carbocycles. The van der Waals surface area contributed by atoms with Crippen molar-refractivity contribution in [3.63, 3.8) is 0 Å². The summed E-state index contributed by atoms with van der Waals surface area (Å²) in [5.74, 6) is 1.86. The number of carbonyl (C=O) groups is 1. The van der Waals surface area contributed by atoms with Crippen molar-refractivity contribution in [1.29, 1.82) is 0 Å². The Balaban J connectivity index is 1.54. The van der Waals surface area contributed by atoms with Gasteiger partial charge in [-0.1, -0.05) is 6.42 Å². The van der Waals surface area contributed by atoms with Gasteiger partial charge in [-0.25, -0.2) is 4.79 Å². The maximum atomic E-state index is 12.1. The number of hydrogen-bond donors (Lipinski definition) is 3. The maximum absolute atomic E-state index is 12.1. The fraction of sp³-hybridized carbons (Fsp3) is 0.800. The number of aliphatic hydroxyl groups is 1. The van der Waals surface area contributed by atoms with E-state index in [0.717, 1.165) is 56.7 Å². The quantitative estimate of drug-likeness (QED) is 0.760. The van der Waals surface area contributed by atoms with Gasteiger partial charge in [0.05, 0.1) is 6.54 Å². The molecule has 0 unspecified atom stereocenters. The number of urea groups is 1. The molecule has 0 saturated heterocycles. The second kappa shape index (κ2) is 6.64. The number of nitrogens with zero attached hydrogens (tertiary/aromatic N) is 3. The lowest BCUT2D eigenvalue weighted by Gasteiger charge is -2.42. The zero-order chi connectivity index (χ0) is 15.4. The number of aromatic nitrogens is 3. The molecule has 1 aromatic heterocycles. The van der Waals surface area contributed by atoms with Gasteiger partial charge in [0, 0.05) is 25.1 Å². The molecule has 122 valence electrons. The first-order valence-electron chi connectivity index (χ1n) is 8.30. The van der Waals surface area contributed by atoms with Crippen LogP contribution < -0.4 is 10.6 Å². The number of nitrogens with one attached hydrogen (secondary N) is 2. The van der Waals surface area contributed by atoms with E-state index in [1.165, 1.54) is 6.42 Å². The molecule has 0 radical (unpaired) electrons. The molecule has 0 bridgehead atoms. The van der Waals surface area contributed by atoms with E-state index in [1.807, 2.05) is 0 Å². The van der Waals surface area contributed by atoms with E-state index in [4.69, 9.17) is 5.11 Å². The van der Waals surface area contributed by atoms with Gasteiger partial charge in [-0.2, -0.15) is 0 Å². The highest BCUT2D eigenvalue weighted by Crippen LogP contribution is 2.34. The molecule has 1 aliphatic carbocycles. The lowest BCUT2D eigenvalue weighted by Crippen LogP contribution is -2.56. The fourth-order valence-corrected chi connectivity index (χ4v) is 3.38. The Morgan fingerprint density at radius 1 is 1.23 bits per heavy atom. The van der Waals surface area contributed by atoms with E-state index < -0.39 is 0 Å². The number of rotatable bonds is 5. The van der Waals surface area contributed by atoms with Crippen LogP contribution in [-0.2, 0) is 19.5 Å². The van der Waals surface area contributed by atoms with Crippen LogP contribution in [-0.4, -0.2) is 38.0 Å². The number of aryl methyl sites for hydroxylation is 1. The average molecular weight is 307 g/mol. The van der Waals surface area contributed by atoms with Crippen LogP contribution in [0.25, 0.3) is 0 Å². The number of fused-ring (bicyclic) bond motifs is 1. The highest BCUT2D eigenvalue weighted by Gasteiger charge is 2.37. The Morgan fingerprint density at radius 2 is 2.09 bits per heavy atom. The van der Waals surface area contributed by atoms with Crippen LogP contribution >= 0.6 is 0 Å². The second-order valence-electron chi connectivity index (χ2n) is 6.41. The summed E-state index contributed by atoms with van der Waals surface area (Å²) >= 11 is 0. The zero-order valence-electron chi connectivity index (χ0n) is 13.0. The summed E-state index contributed by atoms with van der Waals surface area (Å²) in [5, 5.41) is 23.5. The Hall–Kier alpha value is -1.63. The van der Waals surface area contributed by atoms with Crippen molar-refractivity contribution in [3.8, 4) is 0 Å². The van der Waals surface area contributed by atoms with Crippen LogP contribution in [0.1, 0.15) is 56.6 Å². The van der Waals surface area contributed by atoms with Gasteiger partial charge >= 0.3 is 6.03 Å². The van der Waals surface area contributed by atoms with E-state index in [9.17, 15) is 4.79 Å². The summed E-state index contributed by atoms with van der Waals surface area (Å²) < 4.78 is 2.14. The molecule has 1 aliphatic heterocycles. The molecular formula is C15H25N5O2. The number of carbonyl (C=O) groups excluding carboxylic acids is 1. The molecule has 7 heteroatoms. The summed E-state index contributed by atoms with van der Waals surface area (Å²) in [5.41, 5.74) is -0.208. The molecule has 0 spiro atoms. The Kier molecular flexibility index (Phi) is 4.61. The first-order valence-corrected chi connectivity index (χ1v) is 8.30. The van der Waals surface area contributed by atoms with Crippen LogP contribution in [0.4, 0.5) is 4.79 Å². The van der Waals surface area contributed by atoms with Gasteiger partial charge in [0.2, 0.25) is 0 Å². The molecule has 3 rings (SSSR count). The third kappa shape index (κ3) is 3.24. The van der Waals surface area contributed by atoms with Gasteiger partial charge in [0.1, 0.15) is 5.82 Å². The Labute approximate surface area is 130 Å². The molecule has 22 heavy (non-hydrogen) atoms. The van der Waals surface area contributed by atoms with Crippen molar-refractivity contribution in [1.82, 2.24) is 25.4 Å². The van der Waals surface area contributed by atoms with E-state index in [0.29, 0.717) is 13.0 Å². The molecule has 2 aliphatic rings. The summed E-state index contributed by atoms with van der Waals surface area (Å²) in [4.78, 5) is 12.1. The van der Waals surface area contributed by atoms with Crippen LogP contribution in [0, 0.1) is 0 Å². The summed E-state index contributed by atoms with van der Waals surface area (Å²) in [6, 6.07) is -0.181. The molecule has 2 amide bonds. The van der Waals surface area contributed by atoms with Gasteiger partial charge in [-0.15, -0.1) is 10.2 Å². The SMILES string of the molecule is O=C(NCc1nnc2n1CCCCC2)NC1(CCO)CCC1. The van der Waals surface area contributed by atoms with E-state index in [-0.39, 0.29) is 18.2 Å².